The molecular weight excluding hydrogens is 376 g/mol. The van der Waals surface area contributed by atoms with Gasteiger partial charge < -0.3 is 5.32 Å². The van der Waals surface area contributed by atoms with Gasteiger partial charge >= 0.3 is 0 Å². The molecule has 1 aromatic rings. The van der Waals surface area contributed by atoms with Crippen molar-refractivity contribution in [1.29, 1.82) is 0 Å². The fourth-order valence-electron chi connectivity index (χ4n) is 2.89. The van der Waals surface area contributed by atoms with E-state index in [4.69, 9.17) is 11.6 Å². The van der Waals surface area contributed by atoms with Crippen LogP contribution < -0.4 is 5.32 Å². The van der Waals surface area contributed by atoms with Crippen LogP contribution in [0.1, 0.15) is 39.5 Å². The first-order valence-corrected chi connectivity index (χ1v) is 10.7. The Labute approximate surface area is 160 Å². The SMILES string of the molecule is CC[C@H](C)CC(=O)N(C1CCCNCC1=O)S(=O)(=O)c1ccc(Cl)cc1. The first kappa shape index (κ1) is 20.9. The molecule has 0 radical (unpaired) electrons. The number of halogens is 1. The second-order valence-electron chi connectivity index (χ2n) is 6.67. The van der Waals surface area contributed by atoms with E-state index in [1.807, 2.05) is 13.8 Å². The van der Waals surface area contributed by atoms with Crippen molar-refractivity contribution >= 4 is 33.3 Å². The van der Waals surface area contributed by atoms with Crippen LogP contribution in [0.15, 0.2) is 29.2 Å². The highest BCUT2D eigenvalue weighted by Crippen LogP contribution is 2.25. The van der Waals surface area contributed by atoms with Crippen molar-refractivity contribution in [3.8, 4) is 0 Å². The number of Topliss-reactive ketones (excluding diaryl/α,β-unsaturated/α-hetero) is 1. The van der Waals surface area contributed by atoms with E-state index < -0.39 is 22.0 Å². The van der Waals surface area contributed by atoms with Gasteiger partial charge in [-0.25, -0.2) is 12.7 Å². The maximum Gasteiger partial charge on any atom is 0.267 e. The molecule has 0 aromatic heterocycles. The number of ketones is 1. The van der Waals surface area contributed by atoms with Crippen molar-refractivity contribution in [3.63, 3.8) is 0 Å². The molecule has 26 heavy (non-hydrogen) atoms. The molecule has 2 atom stereocenters. The van der Waals surface area contributed by atoms with Gasteiger partial charge in [-0.2, -0.15) is 0 Å². The van der Waals surface area contributed by atoms with Gasteiger partial charge in [-0.3, -0.25) is 9.59 Å². The van der Waals surface area contributed by atoms with Gasteiger partial charge in [0.2, 0.25) is 5.91 Å². The second kappa shape index (κ2) is 8.97. The molecule has 0 aliphatic carbocycles. The Bertz CT molecular complexity index is 749. The summed E-state index contributed by atoms with van der Waals surface area (Å²) in [5.74, 6) is -0.781. The molecule has 1 aliphatic heterocycles. The Morgan fingerprint density at radius 2 is 2.00 bits per heavy atom. The zero-order valence-corrected chi connectivity index (χ0v) is 16.6. The van der Waals surface area contributed by atoms with Crippen molar-refractivity contribution in [1.82, 2.24) is 9.62 Å². The third kappa shape index (κ3) is 4.84. The van der Waals surface area contributed by atoms with Crippen molar-refractivity contribution < 1.29 is 18.0 Å². The summed E-state index contributed by atoms with van der Waals surface area (Å²) in [5, 5.41) is 3.37. The molecule has 2 rings (SSSR count). The first-order valence-electron chi connectivity index (χ1n) is 8.83. The van der Waals surface area contributed by atoms with Crippen molar-refractivity contribution in [2.24, 2.45) is 5.92 Å². The van der Waals surface area contributed by atoms with E-state index in [0.717, 1.165) is 10.7 Å². The van der Waals surface area contributed by atoms with Crippen LogP contribution in [0.4, 0.5) is 0 Å². The number of amides is 1. The molecule has 1 heterocycles. The van der Waals surface area contributed by atoms with E-state index in [1.165, 1.54) is 24.3 Å². The van der Waals surface area contributed by atoms with Gasteiger partial charge in [0, 0.05) is 11.4 Å². The molecule has 8 heteroatoms. The number of nitrogens with zero attached hydrogens (tertiary/aromatic N) is 1. The zero-order chi connectivity index (χ0) is 19.3. The second-order valence-corrected chi connectivity index (χ2v) is 8.92. The van der Waals surface area contributed by atoms with Crippen LogP contribution in [-0.4, -0.2) is 43.5 Å². The fraction of sp³-hybridized carbons (Fsp3) is 0.556. The van der Waals surface area contributed by atoms with Gasteiger partial charge in [0.05, 0.1) is 11.4 Å². The van der Waals surface area contributed by atoms with Crippen LogP contribution in [-0.2, 0) is 19.6 Å². The molecule has 0 saturated carbocycles. The number of hydrogen-bond acceptors (Lipinski definition) is 5. The van der Waals surface area contributed by atoms with Crippen LogP contribution in [0.25, 0.3) is 0 Å². The lowest BCUT2D eigenvalue weighted by Gasteiger charge is -2.30. The number of carbonyl (C=O) groups excluding carboxylic acids is 2. The minimum atomic E-state index is -4.14. The van der Waals surface area contributed by atoms with Crippen LogP contribution in [0.2, 0.25) is 5.02 Å². The topological polar surface area (TPSA) is 83.6 Å². The molecule has 0 spiro atoms. The molecule has 0 bridgehead atoms. The minimum Gasteiger partial charge on any atom is -0.310 e. The predicted molar refractivity (Wildman–Crippen MR) is 100 cm³/mol. The maximum absolute atomic E-state index is 13.2. The Kier molecular flexibility index (Phi) is 7.20. The lowest BCUT2D eigenvalue weighted by atomic mass is 10.0. The molecule has 1 aliphatic rings. The van der Waals surface area contributed by atoms with Gasteiger partial charge in [0.15, 0.2) is 5.78 Å². The fourth-order valence-corrected chi connectivity index (χ4v) is 4.62. The summed E-state index contributed by atoms with van der Waals surface area (Å²) >= 11 is 5.85. The van der Waals surface area contributed by atoms with E-state index in [9.17, 15) is 18.0 Å². The first-order chi connectivity index (χ1) is 12.3. The van der Waals surface area contributed by atoms with E-state index in [2.05, 4.69) is 5.32 Å². The number of benzene rings is 1. The van der Waals surface area contributed by atoms with Gasteiger partial charge in [-0.15, -0.1) is 0 Å². The molecule has 144 valence electrons. The largest absolute Gasteiger partial charge is 0.310 e. The van der Waals surface area contributed by atoms with Crippen LogP contribution in [0, 0.1) is 5.92 Å². The molecule has 1 aromatic carbocycles. The summed E-state index contributed by atoms with van der Waals surface area (Å²) in [4.78, 5) is 25.4. The van der Waals surface area contributed by atoms with E-state index in [1.54, 1.807) is 0 Å². The minimum absolute atomic E-state index is 0.0319. The summed E-state index contributed by atoms with van der Waals surface area (Å²) in [7, 11) is -4.14. The number of nitrogens with one attached hydrogen (secondary N) is 1. The Hall–Kier alpha value is -1.44. The normalized spacial score (nSPS) is 19.7. The highest BCUT2D eigenvalue weighted by Gasteiger charge is 2.39. The average Bonchev–Trinajstić information content (AvgIpc) is 2.80. The molecular formula is C18H25ClN2O4S. The summed E-state index contributed by atoms with van der Waals surface area (Å²) in [6, 6.07) is 4.67. The summed E-state index contributed by atoms with van der Waals surface area (Å²) < 4.78 is 27.2. The molecule has 6 nitrogen and oxygen atoms in total. The molecule has 1 unspecified atom stereocenters. The highest BCUT2D eigenvalue weighted by atomic mass is 35.5. The molecule has 1 N–H and O–H groups in total. The lowest BCUT2D eigenvalue weighted by molar-refractivity contribution is -0.134. The van der Waals surface area contributed by atoms with Crippen LogP contribution >= 0.6 is 11.6 Å². The number of sulfonamides is 1. The van der Waals surface area contributed by atoms with Crippen molar-refractivity contribution in [2.75, 3.05) is 13.1 Å². The highest BCUT2D eigenvalue weighted by molar-refractivity contribution is 7.89. The number of rotatable bonds is 6. The quantitative estimate of drug-likeness (QED) is 0.793. The van der Waals surface area contributed by atoms with Gasteiger partial charge in [-0.1, -0.05) is 31.9 Å². The summed E-state index contributed by atoms with van der Waals surface area (Å²) in [5.41, 5.74) is 0. The monoisotopic (exact) mass is 400 g/mol. The Morgan fingerprint density at radius 1 is 1.35 bits per heavy atom. The number of hydrogen-bond donors (Lipinski definition) is 1. The van der Waals surface area contributed by atoms with E-state index in [-0.39, 0.29) is 29.6 Å². The van der Waals surface area contributed by atoms with E-state index >= 15 is 0 Å². The van der Waals surface area contributed by atoms with Crippen molar-refractivity contribution in [2.45, 2.75) is 50.5 Å². The maximum atomic E-state index is 13.2. The predicted octanol–water partition coefficient (Wildman–Crippen LogP) is 2.61. The van der Waals surface area contributed by atoms with Gasteiger partial charge in [0.1, 0.15) is 6.04 Å². The Morgan fingerprint density at radius 3 is 2.62 bits per heavy atom. The van der Waals surface area contributed by atoms with Crippen LogP contribution in [0.5, 0.6) is 0 Å². The molecule has 1 amide bonds. The molecule has 1 fully saturated rings. The molecule has 1 saturated heterocycles. The zero-order valence-electron chi connectivity index (χ0n) is 15.1. The number of carbonyl (C=O) groups is 2. The summed E-state index contributed by atoms with van der Waals surface area (Å²) in [6.07, 6.45) is 1.78. The van der Waals surface area contributed by atoms with Gasteiger partial charge in [0.25, 0.3) is 10.0 Å². The third-order valence-corrected chi connectivity index (χ3v) is 6.72. The third-order valence-electron chi connectivity index (χ3n) is 4.62. The van der Waals surface area contributed by atoms with Crippen LogP contribution in [0.3, 0.4) is 0 Å². The lowest BCUT2D eigenvalue weighted by Crippen LogP contribution is -2.49. The van der Waals surface area contributed by atoms with E-state index in [0.29, 0.717) is 24.4 Å². The van der Waals surface area contributed by atoms with Gasteiger partial charge in [-0.05, 0) is 49.6 Å². The Balaban J connectivity index is 2.46. The summed E-state index contributed by atoms with van der Waals surface area (Å²) in [6.45, 7) is 4.52. The standard InChI is InChI=1S/C18H25ClN2O4S/c1-3-13(2)11-18(23)21(16-5-4-10-20-12-17(16)22)26(24,25)15-8-6-14(19)7-9-15/h6-9,13,16,20H,3-5,10-12H2,1-2H3/t13-,16?/m0/s1. The van der Waals surface area contributed by atoms with Crippen molar-refractivity contribution in [3.05, 3.63) is 29.3 Å². The smallest absolute Gasteiger partial charge is 0.267 e. The average molecular weight is 401 g/mol.